The fourth-order valence-corrected chi connectivity index (χ4v) is 6.35. The van der Waals surface area contributed by atoms with Crippen molar-refractivity contribution < 1.29 is 4.79 Å². The Balaban J connectivity index is 1.92. The number of ketones is 1. The summed E-state index contributed by atoms with van der Waals surface area (Å²) in [5.74, 6) is -0.0667. The standard InChI is InChI=1S/C23H25N5OS2/c1-13(2)30-22-27-26-21(31-22)28-16-10-23(3,4)11-17(29)19(16)18(15(12-24)20(28)25)14-8-6-5-7-9-14/h5-9,13,18H,10-11,25H2,1-4H3. The molecule has 0 bridgehead atoms. The molecule has 0 radical (unpaired) electrons. The zero-order valence-electron chi connectivity index (χ0n) is 18.0. The van der Waals surface area contributed by atoms with Gasteiger partial charge in [-0.25, -0.2) is 0 Å². The summed E-state index contributed by atoms with van der Waals surface area (Å²) in [6.45, 7) is 8.37. The molecule has 8 heteroatoms. The molecule has 1 aliphatic heterocycles. The summed E-state index contributed by atoms with van der Waals surface area (Å²) in [6.07, 6.45) is 1.11. The third kappa shape index (κ3) is 4.00. The predicted octanol–water partition coefficient (Wildman–Crippen LogP) is 4.98. The van der Waals surface area contributed by atoms with E-state index < -0.39 is 5.92 Å². The van der Waals surface area contributed by atoms with Crippen molar-refractivity contribution in [3.63, 3.8) is 0 Å². The Bertz CT molecular complexity index is 1120. The Hall–Kier alpha value is -2.63. The molecule has 0 saturated carbocycles. The van der Waals surface area contributed by atoms with Gasteiger partial charge in [-0.05, 0) is 17.4 Å². The summed E-state index contributed by atoms with van der Waals surface area (Å²) in [5.41, 5.74) is 9.18. The summed E-state index contributed by atoms with van der Waals surface area (Å²) in [5, 5.41) is 19.7. The molecule has 1 aromatic carbocycles. The fraction of sp³-hybridized carbons (Fsp3) is 0.391. The first-order chi connectivity index (χ1) is 14.7. The van der Waals surface area contributed by atoms with E-state index in [1.807, 2.05) is 30.3 Å². The van der Waals surface area contributed by atoms with Gasteiger partial charge in [0.1, 0.15) is 5.82 Å². The first-order valence-corrected chi connectivity index (χ1v) is 11.9. The minimum atomic E-state index is -0.460. The van der Waals surface area contributed by atoms with E-state index in [4.69, 9.17) is 5.73 Å². The molecule has 1 aliphatic carbocycles. The highest BCUT2D eigenvalue weighted by Crippen LogP contribution is 2.50. The fourth-order valence-electron chi connectivity index (χ4n) is 4.25. The first kappa shape index (κ1) is 21.6. The summed E-state index contributed by atoms with van der Waals surface area (Å²) in [6, 6.07) is 12.0. The lowest BCUT2D eigenvalue weighted by molar-refractivity contribution is -0.118. The smallest absolute Gasteiger partial charge is 0.219 e. The number of nitrogens with two attached hydrogens (primary N) is 1. The third-order valence-electron chi connectivity index (χ3n) is 5.44. The monoisotopic (exact) mass is 451 g/mol. The maximum atomic E-state index is 13.4. The highest BCUT2D eigenvalue weighted by atomic mass is 32.2. The van der Waals surface area contributed by atoms with Crippen LogP contribution in [0.1, 0.15) is 52.0 Å². The van der Waals surface area contributed by atoms with Crippen molar-refractivity contribution in [3.05, 3.63) is 58.6 Å². The Labute approximate surface area is 190 Å². The Morgan fingerprint density at radius 2 is 1.97 bits per heavy atom. The average Bonchev–Trinajstić information content (AvgIpc) is 3.14. The number of Topliss-reactive ketones (excluding diaryl/α,β-unsaturated/α-hetero) is 1. The molecule has 2 aromatic rings. The lowest BCUT2D eigenvalue weighted by Crippen LogP contribution is -2.42. The van der Waals surface area contributed by atoms with Crippen LogP contribution in [0.15, 0.2) is 57.3 Å². The van der Waals surface area contributed by atoms with Crippen LogP contribution in [-0.2, 0) is 4.79 Å². The molecule has 0 spiro atoms. The van der Waals surface area contributed by atoms with Crippen LogP contribution in [0.4, 0.5) is 5.13 Å². The van der Waals surface area contributed by atoms with Crippen LogP contribution in [0.5, 0.6) is 0 Å². The number of hydrogen-bond acceptors (Lipinski definition) is 8. The normalized spacial score (nSPS) is 20.8. The quantitative estimate of drug-likeness (QED) is 0.655. The van der Waals surface area contributed by atoms with Crippen molar-refractivity contribution in [2.75, 3.05) is 4.90 Å². The summed E-state index contributed by atoms with van der Waals surface area (Å²) >= 11 is 3.07. The molecule has 1 unspecified atom stereocenters. The van der Waals surface area contributed by atoms with Gasteiger partial charge in [0.2, 0.25) is 5.13 Å². The zero-order valence-corrected chi connectivity index (χ0v) is 19.7. The largest absolute Gasteiger partial charge is 0.384 e. The van der Waals surface area contributed by atoms with Crippen molar-refractivity contribution in [1.82, 2.24) is 10.2 Å². The molecule has 2 N–H and O–H groups in total. The van der Waals surface area contributed by atoms with E-state index >= 15 is 0 Å². The minimum absolute atomic E-state index is 0.0617. The van der Waals surface area contributed by atoms with Crippen LogP contribution in [-0.4, -0.2) is 21.2 Å². The number of allylic oxidation sites excluding steroid dienone is 3. The second-order valence-corrected chi connectivity index (χ2v) is 11.7. The van der Waals surface area contributed by atoms with Crippen LogP contribution in [0.2, 0.25) is 0 Å². The van der Waals surface area contributed by atoms with Crippen molar-refractivity contribution >= 4 is 34.0 Å². The molecule has 0 saturated heterocycles. The number of benzene rings is 1. The molecule has 0 fully saturated rings. The van der Waals surface area contributed by atoms with Crippen LogP contribution >= 0.6 is 23.1 Å². The number of carbonyl (C=O) groups excluding carboxylic acids is 1. The molecule has 160 valence electrons. The molecule has 31 heavy (non-hydrogen) atoms. The maximum Gasteiger partial charge on any atom is 0.219 e. The van der Waals surface area contributed by atoms with Gasteiger partial charge < -0.3 is 5.73 Å². The number of carbonyl (C=O) groups is 1. The van der Waals surface area contributed by atoms with Crippen LogP contribution in [0, 0.1) is 16.7 Å². The average molecular weight is 452 g/mol. The van der Waals surface area contributed by atoms with Gasteiger partial charge in [-0.1, -0.05) is 81.1 Å². The summed E-state index contributed by atoms with van der Waals surface area (Å²) in [4.78, 5) is 15.2. The summed E-state index contributed by atoms with van der Waals surface area (Å²) < 4.78 is 0.838. The lowest BCUT2D eigenvalue weighted by Gasteiger charge is -2.42. The van der Waals surface area contributed by atoms with E-state index in [2.05, 4.69) is 44.0 Å². The highest BCUT2D eigenvalue weighted by molar-refractivity contribution is 8.01. The number of hydrogen-bond donors (Lipinski definition) is 1. The van der Waals surface area contributed by atoms with Gasteiger partial charge in [0.05, 0.1) is 17.6 Å². The van der Waals surface area contributed by atoms with Crippen molar-refractivity contribution in [2.45, 2.75) is 56.0 Å². The maximum absolute atomic E-state index is 13.4. The molecule has 2 heterocycles. The molecule has 1 aromatic heterocycles. The Morgan fingerprint density at radius 1 is 1.26 bits per heavy atom. The van der Waals surface area contributed by atoms with E-state index in [0.717, 1.165) is 15.6 Å². The van der Waals surface area contributed by atoms with Crippen LogP contribution in [0.3, 0.4) is 0 Å². The molecular formula is C23H25N5OS2. The van der Waals surface area contributed by atoms with Gasteiger partial charge in [-0.15, -0.1) is 10.2 Å². The van der Waals surface area contributed by atoms with E-state index in [9.17, 15) is 10.1 Å². The number of nitriles is 1. The number of aromatic nitrogens is 2. The summed E-state index contributed by atoms with van der Waals surface area (Å²) in [7, 11) is 0. The van der Waals surface area contributed by atoms with Crippen molar-refractivity contribution in [2.24, 2.45) is 11.1 Å². The van der Waals surface area contributed by atoms with Gasteiger partial charge in [0.25, 0.3) is 0 Å². The predicted molar refractivity (Wildman–Crippen MR) is 124 cm³/mol. The molecule has 4 rings (SSSR count). The second kappa shape index (κ2) is 8.13. The van der Waals surface area contributed by atoms with Gasteiger partial charge in [0.15, 0.2) is 10.1 Å². The van der Waals surface area contributed by atoms with Crippen LogP contribution < -0.4 is 10.6 Å². The number of thioether (sulfide) groups is 1. The topological polar surface area (TPSA) is 95.9 Å². The number of rotatable bonds is 4. The van der Waals surface area contributed by atoms with E-state index in [-0.39, 0.29) is 11.2 Å². The number of nitrogens with zero attached hydrogens (tertiary/aromatic N) is 4. The van der Waals surface area contributed by atoms with E-state index in [1.165, 1.54) is 11.3 Å². The molecule has 1 atom stereocenters. The zero-order chi connectivity index (χ0) is 22.3. The lowest BCUT2D eigenvalue weighted by atomic mass is 9.69. The van der Waals surface area contributed by atoms with E-state index in [0.29, 0.717) is 40.2 Å². The third-order valence-corrected chi connectivity index (χ3v) is 7.43. The molecular weight excluding hydrogens is 426 g/mol. The minimum Gasteiger partial charge on any atom is -0.384 e. The van der Waals surface area contributed by atoms with Gasteiger partial charge in [0, 0.05) is 22.9 Å². The van der Waals surface area contributed by atoms with Gasteiger partial charge >= 0.3 is 0 Å². The molecule has 0 amide bonds. The van der Waals surface area contributed by atoms with Gasteiger partial charge in [-0.3, -0.25) is 9.69 Å². The van der Waals surface area contributed by atoms with E-state index in [1.54, 1.807) is 16.7 Å². The number of anilines is 1. The second-order valence-electron chi connectivity index (χ2n) is 8.91. The Kier molecular flexibility index (Phi) is 5.67. The SMILES string of the molecule is CC(C)Sc1nnc(N2C(N)=C(C#N)C(c3ccccc3)C3=C2CC(C)(C)CC3=O)s1. The highest BCUT2D eigenvalue weighted by Gasteiger charge is 2.45. The molecule has 2 aliphatic rings. The van der Waals surface area contributed by atoms with Crippen molar-refractivity contribution in [1.29, 1.82) is 5.26 Å². The Morgan fingerprint density at radius 3 is 2.61 bits per heavy atom. The molecule has 6 nitrogen and oxygen atoms in total. The van der Waals surface area contributed by atoms with Crippen molar-refractivity contribution in [3.8, 4) is 6.07 Å². The van der Waals surface area contributed by atoms with Gasteiger partial charge in [-0.2, -0.15) is 5.26 Å². The van der Waals surface area contributed by atoms with Crippen LogP contribution in [0.25, 0.3) is 0 Å². The first-order valence-electron chi connectivity index (χ1n) is 10.2.